The molecule has 0 spiro atoms. The summed E-state index contributed by atoms with van der Waals surface area (Å²) < 4.78 is 0. The fourth-order valence-corrected chi connectivity index (χ4v) is 1.88. The van der Waals surface area contributed by atoms with Crippen LogP contribution in [0.3, 0.4) is 0 Å². The van der Waals surface area contributed by atoms with Gasteiger partial charge < -0.3 is 5.32 Å². The van der Waals surface area contributed by atoms with E-state index in [4.69, 9.17) is 0 Å². The Morgan fingerprint density at radius 2 is 2.35 bits per heavy atom. The highest BCUT2D eigenvalue weighted by atomic mass is 32.1. The van der Waals surface area contributed by atoms with Gasteiger partial charge in [-0.1, -0.05) is 6.08 Å². The van der Waals surface area contributed by atoms with Crippen LogP contribution >= 0.6 is 11.3 Å². The number of nitrogens with zero attached hydrogens (tertiary/aromatic N) is 2. The molecule has 0 atom stereocenters. The predicted octanol–water partition coefficient (Wildman–Crippen LogP) is 2.12. The molecule has 5 heteroatoms. The number of thiazole rings is 1. The van der Waals surface area contributed by atoms with Crippen molar-refractivity contribution >= 4 is 17.2 Å². The number of nitrogens with one attached hydrogen (secondary N) is 1. The Bertz CT molecular complexity index is 505. The Hall–Kier alpha value is -2.01. The monoisotopic (exact) mass is 245 g/mol. The van der Waals surface area contributed by atoms with Crippen LogP contribution in [0.2, 0.25) is 0 Å². The van der Waals surface area contributed by atoms with E-state index in [0.717, 1.165) is 10.6 Å². The van der Waals surface area contributed by atoms with Crippen molar-refractivity contribution in [2.45, 2.75) is 0 Å². The minimum Gasteiger partial charge on any atom is -0.349 e. The van der Waals surface area contributed by atoms with Gasteiger partial charge in [-0.3, -0.25) is 14.8 Å². The molecule has 0 aliphatic rings. The first-order valence-corrected chi connectivity index (χ1v) is 5.93. The second-order valence-corrected chi connectivity index (χ2v) is 4.18. The molecule has 0 bridgehead atoms. The van der Waals surface area contributed by atoms with E-state index in [1.54, 1.807) is 30.0 Å². The molecule has 2 aromatic heterocycles. The summed E-state index contributed by atoms with van der Waals surface area (Å²) in [5.74, 6) is -0.145. The highest BCUT2D eigenvalue weighted by Gasteiger charge is 2.06. The standard InChI is InChI=1S/C12H11N3OS/c1-2-5-14-12(16)9-3-4-10(15-6-9)11-7-13-8-17-11/h2-4,6-8H,1,5H2,(H,14,16). The Morgan fingerprint density at radius 1 is 1.47 bits per heavy atom. The highest BCUT2D eigenvalue weighted by Crippen LogP contribution is 2.20. The maximum Gasteiger partial charge on any atom is 0.253 e. The van der Waals surface area contributed by atoms with Crippen molar-refractivity contribution < 1.29 is 4.79 Å². The lowest BCUT2D eigenvalue weighted by Gasteiger charge is -2.02. The minimum absolute atomic E-state index is 0.145. The summed E-state index contributed by atoms with van der Waals surface area (Å²) >= 11 is 1.52. The lowest BCUT2D eigenvalue weighted by Crippen LogP contribution is -2.23. The van der Waals surface area contributed by atoms with Gasteiger partial charge in [-0.15, -0.1) is 17.9 Å². The third-order valence-electron chi connectivity index (χ3n) is 2.12. The summed E-state index contributed by atoms with van der Waals surface area (Å²) in [7, 11) is 0. The SMILES string of the molecule is C=CCNC(=O)c1ccc(-c2cncs2)nc1. The Kier molecular flexibility index (Phi) is 3.62. The van der Waals surface area contributed by atoms with E-state index >= 15 is 0 Å². The van der Waals surface area contributed by atoms with E-state index in [0.29, 0.717) is 12.1 Å². The molecule has 0 saturated carbocycles. The number of amides is 1. The normalized spacial score (nSPS) is 9.88. The summed E-state index contributed by atoms with van der Waals surface area (Å²) in [6.45, 7) is 3.99. The summed E-state index contributed by atoms with van der Waals surface area (Å²) in [6.07, 6.45) is 4.95. The summed E-state index contributed by atoms with van der Waals surface area (Å²) in [6, 6.07) is 3.57. The third-order valence-corrected chi connectivity index (χ3v) is 2.91. The van der Waals surface area contributed by atoms with Crippen LogP contribution in [-0.4, -0.2) is 22.4 Å². The number of carbonyl (C=O) groups excluding carboxylic acids is 1. The molecule has 0 radical (unpaired) electrons. The van der Waals surface area contributed by atoms with Gasteiger partial charge in [-0.2, -0.15) is 0 Å². The Labute approximate surface area is 103 Å². The molecule has 0 unspecified atom stereocenters. The predicted molar refractivity (Wildman–Crippen MR) is 67.9 cm³/mol. The zero-order valence-electron chi connectivity index (χ0n) is 9.09. The molecular formula is C12H11N3OS. The molecule has 2 aromatic rings. The first-order chi connectivity index (χ1) is 8.31. The molecule has 0 fully saturated rings. The lowest BCUT2D eigenvalue weighted by molar-refractivity contribution is 0.0957. The van der Waals surface area contributed by atoms with Crippen molar-refractivity contribution in [3.63, 3.8) is 0 Å². The smallest absolute Gasteiger partial charge is 0.253 e. The van der Waals surface area contributed by atoms with Crippen molar-refractivity contribution in [2.24, 2.45) is 0 Å². The fourth-order valence-electron chi connectivity index (χ4n) is 1.28. The van der Waals surface area contributed by atoms with Crippen molar-refractivity contribution in [1.82, 2.24) is 15.3 Å². The first kappa shape index (κ1) is 11.5. The van der Waals surface area contributed by atoms with Gasteiger partial charge in [0.1, 0.15) is 0 Å². The van der Waals surface area contributed by atoms with Crippen LogP contribution in [0, 0.1) is 0 Å². The number of rotatable bonds is 4. The zero-order valence-corrected chi connectivity index (χ0v) is 9.91. The zero-order chi connectivity index (χ0) is 12.1. The van der Waals surface area contributed by atoms with Gasteiger partial charge in [0.05, 0.1) is 21.6 Å². The number of hydrogen-bond acceptors (Lipinski definition) is 4. The molecule has 0 aliphatic carbocycles. The van der Waals surface area contributed by atoms with Gasteiger partial charge in [0.25, 0.3) is 5.91 Å². The maximum atomic E-state index is 11.6. The number of pyridine rings is 1. The van der Waals surface area contributed by atoms with Gasteiger partial charge in [0.15, 0.2) is 0 Å². The molecule has 0 saturated heterocycles. The number of aromatic nitrogens is 2. The molecule has 2 heterocycles. The summed E-state index contributed by atoms with van der Waals surface area (Å²) in [4.78, 5) is 20.8. The Morgan fingerprint density at radius 3 is 2.94 bits per heavy atom. The first-order valence-electron chi connectivity index (χ1n) is 5.05. The van der Waals surface area contributed by atoms with Crippen LogP contribution in [0.25, 0.3) is 10.6 Å². The van der Waals surface area contributed by atoms with Crippen molar-refractivity contribution in [3.8, 4) is 10.6 Å². The summed E-state index contributed by atoms with van der Waals surface area (Å²) in [5.41, 5.74) is 3.12. The average Bonchev–Trinajstić information content (AvgIpc) is 2.90. The fraction of sp³-hybridized carbons (Fsp3) is 0.0833. The minimum atomic E-state index is -0.145. The van der Waals surface area contributed by atoms with E-state index in [2.05, 4.69) is 21.9 Å². The van der Waals surface area contributed by atoms with Crippen molar-refractivity contribution in [1.29, 1.82) is 0 Å². The van der Waals surface area contributed by atoms with Gasteiger partial charge in [-0.25, -0.2) is 0 Å². The van der Waals surface area contributed by atoms with Gasteiger partial charge in [-0.05, 0) is 12.1 Å². The van der Waals surface area contributed by atoms with Crippen molar-refractivity contribution in [2.75, 3.05) is 6.54 Å². The van der Waals surface area contributed by atoms with E-state index in [9.17, 15) is 4.79 Å². The van der Waals surface area contributed by atoms with Crippen LogP contribution in [0.1, 0.15) is 10.4 Å². The molecule has 2 rings (SSSR count). The topological polar surface area (TPSA) is 54.9 Å². The molecular weight excluding hydrogens is 234 g/mol. The van der Waals surface area contributed by atoms with E-state index in [1.807, 2.05) is 6.07 Å². The van der Waals surface area contributed by atoms with E-state index < -0.39 is 0 Å². The largest absolute Gasteiger partial charge is 0.349 e. The van der Waals surface area contributed by atoms with E-state index in [-0.39, 0.29) is 5.91 Å². The number of hydrogen-bond donors (Lipinski definition) is 1. The third kappa shape index (κ3) is 2.76. The Balaban J connectivity index is 2.13. The highest BCUT2D eigenvalue weighted by molar-refractivity contribution is 7.13. The van der Waals surface area contributed by atoms with E-state index in [1.165, 1.54) is 11.3 Å². The van der Waals surface area contributed by atoms with Gasteiger partial charge >= 0.3 is 0 Å². The molecule has 4 nitrogen and oxygen atoms in total. The van der Waals surface area contributed by atoms with Gasteiger partial charge in [0.2, 0.25) is 0 Å². The van der Waals surface area contributed by atoms with Gasteiger partial charge in [0, 0.05) is 18.9 Å². The average molecular weight is 245 g/mol. The molecule has 0 aliphatic heterocycles. The molecule has 0 aromatic carbocycles. The molecule has 86 valence electrons. The number of carbonyl (C=O) groups is 1. The van der Waals surface area contributed by atoms with Crippen LogP contribution < -0.4 is 5.32 Å². The van der Waals surface area contributed by atoms with Crippen LogP contribution in [0.5, 0.6) is 0 Å². The van der Waals surface area contributed by atoms with Crippen LogP contribution in [-0.2, 0) is 0 Å². The lowest BCUT2D eigenvalue weighted by atomic mass is 10.2. The summed E-state index contributed by atoms with van der Waals surface area (Å²) in [5, 5.41) is 2.70. The van der Waals surface area contributed by atoms with Crippen LogP contribution in [0.4, 0.5) is 0 Å². The maximum absolute atomic E-state index is 11.6. The second-order valence-electron chi connectivity index (χ2n) is 3.30. The quantitative estimate of drug-likeness (QED) is 0.839. The molecule has 17 heavy (non-hydrogen) atoms. The molecule has 1 amide bonds. The second kappa shape index (κ2) is 5.36. The van der Waals surface area contributed by atoms with Crippen molar-refractivity contribution in [3.05, 3.63) is 48.3 Å². The molecule has 1 N–H and O–H groups in total. The van der Waals surface area contributed by atoms with Crippen LogP contribution in [0.15, 0.2) is 42.7 Å².